The first-order valence-corrected chi connectivity index (χ1v) is 5.55. The van der Waals surface area contributed by atoms with Crippen molar-refractivity contribution in [2.75, 3.05) is 4.93 Å². The SMILES string of the molecule is N[CH2][Pt][CH]1CCC1. The van der Waals surface area contributed by atoms with Crippen molar-refractivity contribution in [2.45, 2.75) is 23.6 Å². The van der Waals surface area contributed by atoms with E-state index in [-0.39, 0.29) is 0 Å². The fraction of sp³-hybridized carbons (Fsp3) is 1.00. The van der Waals surface area contributed by atoms with Gasteiger partial charge in [0.2, 0.25) is 0 Å². The minimum atomic E-state index is 0.421. The van der Waals surface area contributed by atoms with Crippen LogP contribution in [-0.4, -0.2) is 4.93 Å². The van der Waals surface area contributed by atoms with Crippen molar-refractivity contribution in [3.63, 3.8) is 0 Å². The Balaban J connectivity index is 1.93. The van der Waals surface area contributed by atoms with Gasteiger partial charge in [-0.1, -0.05) is 0 Å². The number of nitrogens with two attached hydrogens (primary N) is 1. The Labute approximate surface area is 53.2 Å². The van der Waals surface area contributed by atoms with Crippen LogP contribution in [0.5, 0.6) is 0 Å². The average molecular weight is 280 g/mol. The van der Waals surface area contributed by atoms with Gasteiger partial charge in [0, 0.05) is 0 Å². The van der Waals surface area contributed by atoms with Gasteiger partial charge in [0.25, 0.3) is 0 Å². The third-order valence-electron chi connectivity index (χ3n) is 1.26. The monoisotopic (exact) mass is 280 g/mol. The number of rotatable bonds is 2. The number of hydrogen-bond donors (Lipinski definition) is 1. The van der Waals surface area contributed by atoms with E-state index in [2.05, 4.69) is 0 Å². The maximum absolute atomic E-state index is 5.39. The quantitative estimate of drug-likeness (QED) is 0.801. The van der Waals surface area contributed by atoms with Crippen molar-refractivity contribution < 1.29 is 18.6 Å². The first-order valence-electron chi connectivity index (χ1n) is 2.63. The molecule has 0 aromatic heterocycles. The van der Waals surface area contributed by atoms with Gasteiger partial charge in [0.05, 0.1) is 0 Å². The molecule has 0 aromatic rings. The molecule has 0 heterocycles. The summed E-state index contributed by atoms with van der Waals surface area (Å²) in [5.74, 6) is 0. The van der Waals surface area contributed by atoms with Gasteiger partial charge in [-0.3, -0.25) is 0 Å². The zero-order valence-electron chi connectivity index (χ0n) is 4.30. The summed E-state index contributed by atoms with van der Waals surface area (Å²) in [7, 11) is 0. The first kappa shape index (κ1) is 5.78. The third kappa shape index (κ3) is 1.54. The molecule has 1 rings (SSSR count). The van der Waals surface area contributed by atoms with E-state index in [4.69, 9.17) is 5.73 Å². The van der Waals surface area contributed by atoms with Crippen LogP contribution in [0.2, 0.25) is 4.31 Å². The van der Waals surface area contributed by atoms with E-state index < -0.39 is 0 Å². The second kappa shape index (κ2) is 2.84. The van der Waals surface area contributed by atoms with Gasteiger partial charge in [-0.2, -0.15) is 0 Å². The molecular formula is C5H11NPt. The molecule has 0 unspecified atom stereocenters. The second-order valence-corrected chi connectivity index (χ2v) is 5.45. The van der Waals surface area contributed by atoms with E-state index in [0.29, 0.717) is 18.6 Å². The average Bonchev–Trinajstić information content (AvgIpc) is 1.55. The Morgan fingerprint density at radius 2 is 2.29 bits per heavy atom. The van der Waals surface area contributed by atoms with Gasteiger partial charge in [-0.15, -0.1) is 0 Å². The molecule has 1 aliphatic carbocycles. The van der Waals surface area contributed by atoms with Crippen LogP contribution in [0, 0.1) is 0 Å². The van der Waals surface area contributed by atoms with E-state index >= 15 is 0 Å². The summed E-state index contributed by atoms with van der Waals surface area (Å²) >= 11 is 0.421. The Kier molecular flexibility index (Phi) is 2.34. The molecule has 0 radical (unpaired) electrons. The summed E-state index contributed by atoms with van der Waals surface area (Å²) in [6, 6.07) is 0. The summed E-state index contributed by atoms with van der Waals surface area (Å²) < 4.78 is 1.12. The van der Waals surface area contributed by atoms with Crippen molar-refractivity contribution in [1.82, 2.24) is 0 Å². The maximum atomic E-state index is 5.39. The Morgan fingerprint density at radius 3 is 2.43 bits per heavy atom. The van der Waals surface area contributed by atoms with Crippen molar-refractivity contribution in [3.05, 3.63) is 0 Å². The van der Waals surface area contributed by atoms with Crippen LogP contribution in [0.25, 0.3) is 0 Å². The summed E-state index contributed by atoms with van der Waals surface area (Å²) in [4.78, 5) is 1.00. The molecule has 0 spiro atoms. The van der Waals surface area contributed by atoms with Gasteiger partial charge in [0.15, 0.2) is 0 Å². The summed E-state index contributed by atoms with van der Waals surface area (Å²) in [6.45, 7) is 0. The Bertz CT molecular complexity index is 52.0. The normalized spacial score (nSPS) is 22.4. The molecule has 1 nitrogen and oxygen atoms in total. The van der Waals surface area contributed by atoms with Gasteiger partial charge >= 0.3 is 52.8 Å². The summed E-state index contributed by atoms with van der Waals surface area (Å²) in [6.07, 6.45) is 4.46. The van der Waals surface area contributed by atoms with Gasteiger partial charge < -0.3 is 0 Å². The van der Waals surface area contributed by atoms with Crippen molar-refractivity contribution >= 4 is 0 Å². The predicted molar refractivity (Wildman–Crippen MR) is 26.7 cm³/mol. The topological polar surface area (TPSA) is 26.0 Å². The zero-order chi connectivity index (χ0) is 5.11. The van der Waals surface area contributed by atoms with Gasteiger partial charge in [-0.05, 0) is 0 Å². The molecule has 7 heavy (non-hydrogen) atoms. The van der Waals surface area contributed by atoms with Crippen molar-refractivity contribution in [2.24, 2.45) is 5.73 Å². The first-order chi connectivity index (χ1) is 3.43. The molecular weight excluding hydrogens is 269 g/mol. The summed E-state index contributed by atoms with van der Waals surface area (Å²) in [5.41, 5.74) is 5.39. The molecule has 0 aliphatic heterocycles. The van der Waals surface area contributed by atoms with Crippen LogP contribution in [0.15, 0.2) is 0 Å². The van der Waals surface area contributed by atoms with Crippen molar-refractivity contribution in [3.8, 4) is 0 Å². The van der Waals surface area contributed by atoms with Crippen LogP contribution >= 0.6 is 0 Å². The fourth-order valence-electron chi connectivity index (χ4n) is 0.568. The molecule has 0 atom stereocenters. The van der Waals surface area contributed by atoms with Crippen LogP contribution in [0.1, 0.15) is 19.3 Å². The second-order valence-electron chi connectivity index (χ2n) is 1.74. The standard InChI is InChI=1S/C4H7.CH4N.Pt/c1-2-4-3-1;1-2;/h1H,2-4H2;1-2H2;. The molecule has 2 N–H and O–H groups in total. The van der Waals surface area contributed by atoms with Crippen LogP contribution < -0.4 is 5.73 Å². The molecule has 0 amide bonds. The van der Waals surface area contributed by atoms with Gasteiger partial charge in [-0.25, -0.2) is 0 Å². The molecule has 0 saturated heterocycles. The van der Waals surface area contributed by atoms with Crippen LogP contribution in [0.4, 0.5) is 0 Å². The molecule has 0 aromatic carbocycles. The predicted octanol–water partition coefficient (Wildman–Crippen LogP) is 0.958. The molecule has 1 aliphatic rings. The molecule has 0 bridgehead atoms. The third-order valence-corrected chi connectivity index (χ3v) is 4.42. The van der Waals surface area contributed by atoms with Crippen LogP contribution in [0.3, 0.4) is 0 Å². The minimum absolute atomic E-state index is 0.421. The van der Waals surface area contributed by atoms with E-state index in [0.717, 1.165) is 9.24 Å². The van der Waals surface area contributed by atoms with E-state index in [1.54, 1.807) is 0 Å². The molecule has 1 saturated carbocycles. The van der Waals surface area contributed by atoms with Crippen LogP contribution in [-0.2, 0) is 18.6 Å². The zero-order valence-corrected chi connectivity index (χ0v) is 6.57. The summed E-state index contributed by atoms with van der Waals surface area (Å²) in [5, 5.41) is 0. The molecule has 1 fully saturated rings. The molecule has 46 valence electrons. The van der Waals surface area contributed by atoms with E-state index in [1.165, 1.54) is 19.3 Å². The van der Waals surface area contributed by atoms with E-state index in [9.17, 15) is 0 Å². The Morgan fingerprint density at radius 1 is 1.57 bits per heavy atom. The van der Waals surface area contributed by atoms with Crippen molar-refractivity contribution in [1.29, 1.82) is 0 Å². The fourth-order valence-corrected chi connectivity index (χ4v) is 3.18. The molecule has 2 heteroatoms. The van der Waals surface area contributed by atoms with Gasteiger partial charge in [0.1, 0.15) is 0 Å². The number of hydrogen-bond acceptors (Lipinski definition) is 1. The Hall–Kier alpha value is 0.648. The van der Waals surface area contributed by atoms with E-state index in [1.807, 2.05) is 0 Å².